The first kappa shape index (κ1) is 18.7. The Balaban J connectivity index is 1.62. The lowest BCUT2D eigenvalue weighted by Gasteiger charge is -2.16. The van der Waals surface area contributed by atoms with Crippen LogP contribution in [-0.2, 0) is 19.3 Å². The number of alkyl halides is 3. The molecule has 0 bridgehead atoms. The van der Waals surface area contributed by atoms with Crippen LogP contribution in [-0.4, -0.2) is 19.1 Å². The Kier molecular flexibility index (Phi) is 5.84. The minimum atomic E-state index is -4.38. The highest BCUT2D eigenvalue weighted by molar-refractivity contribution is 5.37. The van der Waals surface area contributed by atoms with Gasteiger partial charge in [0.05, 0.1) is 5.56 Å². The van der Waals surface area contributed by atoms with E-state index in [1.165, 1.54) is 12.1 Å². The summed E-state index contributed by atoms with van der Waals surface area (Å²) < 4.78 is 44.8. The van der Waals surface area contributed by atoms with Crippen molar-refractivity contribution in [1.29, 1.82) is 0 Å². The Morgan fingerprint density at radius 1 is 1.19 bits per heavy atom. The summed E-state index contributed by atoms with van der Waals surface area (Å²) in [5.41, 5.74) is 1.54. The number of rotatable bonds is 6. The van der Waals surface area contributed by atoms with Gasteiger partial charge in [-0.2, -0.15) is 13.2 Å². The van der Waals surface area contributed by atoms with Crippen molar-refractivity contribution in [3.05, 3.63) is 64.7 Å². The molecule has 2 N–H and O–H groups in total. The molecule has 1 aliphatic rings. The van der Waals surface area contributed by atoms with Gasteiger partial charge in [0.1, 0.15) is 12.4 Å². The Labute approximate surface area is 151 Å². The Morgan fingerprint density at radius 3 is 2.69 bits per heavy atom. The number of halogens is 3. The number of benzene rings is 2. The average molecular weight is 364 g/mol. The molecular formula is C20H23F3N2O. The third-order valence-corrected chi connectivity index (χ3v) is 4.60. The molecule has 3 nitrogen and oxygen atoms in total. The van der Waals surface area contributed by atoms with E-state index in [0.717, 1.165) is 43.2 Å². The molecule has 0 amide bonds. The molecular weight excluding hydrogens is 341 g/mol. The van der Waals surface area contributed by atoms with Crippen LogP contribution < -0.4 is 15.4 Å². The lowest BCUT2D eigenvalue weighted by molar-refractivity contribution is -0.138. The highest BCUT2D eigenvalue weighted by Gasteiger charge is 2.33. The van der Waals surface area contributed by atoms with Crippen LogP contribution in [0.1, 0.15) is 28.7 Å². The van der Waals surface area contributed by atoms with Crippen molar-refractivity contribution in [2.75, 3.05) is 13.1 Å². The van der Waals surface area contributed by atoms with E-state index in [9.17, 15) is 13.2 Å². The van der Waals surface area contributed by atoms with E-state index in [-0.39, 0.29) is 12.2 Å². The van der Waals surface area contributed by atoms with Gasteiger partial charge in [-0.3, -0.25) is 0 Å². The van der Waals surface area contributed by atoms with Gasteiger partial charge in [-0.05, 0) is 43.1 Å². The van der Waals surface area contributed by atoms with Gasteiger partial charge in [0.2, 0.25) is 0 Å². The van der Waals surface area contributed by atoms with Crippen LogP contribution >= 0.6 is 0 Å². The molecule has 0 saturated carbocycles. The summed E-state index contributed by atoms with van der Waals surface area (Å²) in [7, 11) is 0. The summed E-state index contributed by atoms with van der Waals surface area (Å²) in [6.07, 6.45) is -3.25. The molecule has 3 rings (SSSR count). The van der Waals surface area contributed by atoms with Gasteiger partial charge in [0.25, 0.3) is 0 Å². The first-order valence-electron chi connectivity index (χ1n) is 8.75. The van der Waals surface area contributed by atoms with Crippen molar-refractivity contribution in [3.8, 4) is 5.75 Å². The van der Waals surface area contributed by atoms with E-state index >= 15 is 0 Å². The zero-order valence-electron chi connectivity index (χ0n) is 14.7. The van der Waals surface area contributed by atoms with Crippen molar-refractivity contribution in [1.82, 2.24) is 10.6 Å². The topological polar surface area (TPSA) is 33.3 Å². The standard InChI is InChI=1S/C20H23F3N2O/c1-14-10-15(11-25-17-8-9-24-12-17)6-7-19(14)26-13-16-4-2-3-5-18(16)20(21,22)23/h2-7,10,17,24-25H,8-9,11-13H2,1H3. The second-order valence-corrected chi connectivity index (χ2v) is 6.61. The molecule has 1 aliphatic heterocycles. The van der Waals surface area contributed by atoms with Crippen LogP contribution in [0.5, 0.6) is 5.75 Å². The second kappa shape index (κ2) is 8.10. The maximum absolute atomic E-state index is 13.1. The lowest BCUT2D eigenvalue weighted by atomic mass is 10.1. The molecule has 0 spiro atoms. The summed E-state index contributed by atoms with van der Waals surface area (Å²) >= 11 is 0. The quantitative estimate of drug-likeness (QED) is 0.812. The number of hydrogen-bond acceptors (Lipinski definition) is 3. The predicted molar refractivity (Wildman–Crippen MR) is 95.1 cm³/mol. The molecule has 140 valence electrons. The van der Waals surface area contributed by atoms with Crippen molar-refractivity contribution in [2.24, 2.45) is 0 Å². The van der Waals surface area contributed by atoms with E-state index in [2.05, 4.69) is 10.6 Å². The minimum absolute atomic E-state index is 0.109. The summed E-state index contributed by atoms with van der Waals surface area (Å²) in [6.45, 7) is 4.60. The van der Waals surface area contributed by atoms with Gasteiger partial charge in [0.15, 0.2) is 0 Å². The molecule has 1 atom stereocenters. The molecule has 26 heavy (non-hydrogen) atoms. The van der Waals surface area contributed by atoms with E-state index < -0.39 is 11.7 Å². The smallest absolute Gasteiger partial charge is 0.416 e. The van der Waals surface area contributed by atoms with Crippen LogP contribution in [0.2, 0.25) is 0 Å². The molecule has 0 aromatic heterocycles. The summed E-state index contributed by atoms with van der Waals surface area (Å²) in [4.78, 5) is 0. The van der Waals surface area contributed by atoms with Crippen LogP contribution in [0.3, 0.4) is 0 Å². The molecule has 0 radical (unpaired) electrons. The molecule has 2 aromatic carbocycles. The summed E-state index contributed by atoms with van der Waals surface area (Å²) in [5, 5.41) is 6.81. The zero-order valence-corrected chi connectivity index (χ0v) is 14.7. The maximum atomic E-state index is 13.1. The third-order valence-electron chi connectivity index (χ3n) is 4.60. The van der Waals surface area contributed by atoms with Crippen molar-refractivity contribution in [2.45, 2.75) is 38.7 Å². The van der Waals surface area contributed by atoms with Crippen LogP contribution in [0.25, 0.3) is 0 Å². The number of ether oxygens (including phenoxy) is 1. The first-order chi connectivity index (χ1) is 12.4. The van der Waals surface area contributed by atoms with Gasteiger partial charge in [-0.15, -0.1) is 0 Å². The molecule has 1 saturated heterocycles. The Hall–Kier alpha value is -2.05. The van der Waals surface area contributed by atoms with Gasteiger partial charge < -0.3 is 15.4 Å². The fraction of sp³-hybridized carbons (Fsp3) is 0.400. The predicted octanol–water partition coefficient (Wildman–Crippen LogP) is 4.04. The maximum Gasteiger partial charge on any atom is 0.416 e. The van der Waals surface area contributed by atoms with E-state index in [1.54, 1.807) is 6.07 Å². The van der Waals surface area contributed by atoms with E-state index in [0.29, 0.717) is 11.8 Å². The van der Waals surface area contributed by atoms with Crippen LogP contribution in [0.15, 0.2) is 42.5 Å². The van der Waals surface area contributed by atoms with E-state index in [1.807, 2.05) is 25.1 Å². The van der Waals surface area contributed by atoms with Crippen LogP contribution in [0.4, 0.5) is 13.2 Å². The fourth-order valence-corrected chi connectivity index (χ4v) is 3.15. The first-order valence-corrected chi connectivity index (χ1v) is 8.75. The zero-order chi connectivity index (χ0) is 18.6. The molecule has 1 fully saturated rings. The summed E-state index contributed by atoms with van der Waals surface area (Å²) in [6, 6.07) is 11.8. The number of hydrogen-bond donors (Lipinski definition) is 2. The highest BCUT2D eigenvalue weighted by atomic mass is 19.4. The van der Waals surface area contributed by atoms with Gasteiger partial charge in [0, 0.05) is 24.7 Å². The SMILES string of the molecule is Cc1cc(CNC2CCNC2)ccc1OCc1ccccc1C(F)(F)F. The third kappa shape index (κ3) is 4.77. The van der Waals surface area contributed by atoms with Gasteiger partial charge in [-0.25, -0.2) is 0 Å². The second-order valence-electron chi connectivity index (χ2n) is 6.61. The van der Waals surface area contributed by atoms with Gasteiger partial charge in [-0.1, -0.05) is 30.3 Å². The molecule has 2 aromatic rings. The number of aryl methyl sites for hydroxylation is 1. The van der Waals surface area contributed by atoms with Crippen molar-refractivity contribution < 1.29 is 17.9 Å². The number of nitrogens with one attached hydrogen (secondary N) is 2. The van der Waals surface area contributed by atoms with Crippen molar-refractivity contribution >= 4 is 0 Å². The molecule has 0 aliphatic carbocycles. The minimum Gasteiger partial charge on any atom is -0.489 e. The Bertz CT molecular complexity index is 740. The largest absolute Gasteiger partial charge is 0.489 e. The Morgan fingerprint density at radius 2 is 2.00 bits per heavy atom. The highest BCUT2D eigenvalue weighted by Crippen LogP contribution is 2.32. The molecule has 1 heterocycles. The van der Waals surface area contributed by atoms with Gasteiger partial charge >= 0.3 is 6.18 Å². The normalized spacial score (nSPS) is 17.5. The fourth-order valence-electron chi connectivity index (χ4n) is 3.15. The average Bonchev–Trinajstić information content (AvgIpc) is 3.12. The summed E-state index contributed by atoms with van der Waals surface area (Å²) in [5.74, 6) is 0.605. The van der Waals surface area contributed by atoms with Crippen molar-refractivity contribution in [3.63, 3.8) is 0 Å². The van der Waals surface area contributed by atoms with E-state index in [4.69, 9.17) is 4.74 Å². The lowest BCUT2D eigenvalue weighted by Crippen LogP contribution is -2.30. The molecule has 6 heteroatoms. The monoisotopic (exact) mass is 364 g/mol. The molecule has 1 unspecified atom stereocenters. The van der Waals surface area contributed by atoms with Crippen LogP contribution in [0, 0.1) is 6.92 Å².